The molecule has 0 unspecified atom stereocenters. The summed E-state index contributed by atoms with van der Waals surface area (Å²) in [6.45, 7) is 2.01. The van der Waals surface area contributed by atoms with Gasteiger partial charge in [0.05, 0.1) is 25.5 Å². The van der Waals surface area contributed by atoms with Crippen LogP contribution in [-0.4, -0.2) is 23.2 Å². The van der Waals surface area contributed by atoms with Crippen molar-refractivity contribution in [3.05, 3.63) is 77.1 Å². The van der Waals surface area contributed by atoms with Crippen LogP contribution in [0.4, 0.5) is 4.39 Å². The van der Waals surface area contributed by atoms with Crippen LogP contribution in [0.1, 0.15) is 22.4 Å². The molecule has 2 aromatic carbocycles. The van der Waals surface area contributed by atoms with E-state index in [2.05, 4.69) is 4.98 Å². The van der Waals surface area contributed by atoms with Crippen LogP contribution in [0.25, 0.3) is 22.1 Å². The molecule has 0 amide bonds. The number of furan rings is 1. The van der Waals surface area contributed by atoms with E-state index >= 15 is 4.39 Å². The Kier molecular flexibility index (Phi) is 6.28. The zero-order valence-electron chi connectivity index (χ0n) is 18.2. The van der Waals surface area contributed by atoms with Gasteiger partial charge in [0, 0.05) is 40.9 Å². The normalized spacial score (nSPS) is 11.0. The molecule has 4 rings (SSSR count). The van der Waals surface area contributed by atoms with E-state index in [1.54, 1.807) is 36.6 Å². The predicted octanol–water partition coefficient (Wildman–Crippen LogP) is 4.62. The van der Waals surface area contributed by atoms with Crippen LogP contribution >= 0.6 is 0 Å². The van der Waals surface area contributed by atoms with Gasteiger partial charge >= 0.3 is 5.97 Å². The zero-order valence-corrected chi connectivity index (χ0v) is 18.2. The van der Waals surface area contributed by atoms with Crippen LogP contribution in [0.3, 0.4) is 0 Å². The third-order valence-corrected chi connectivity index (χ3v) is 5.38. The fourth-order valence-corrected chi connectivity index (χ4v) is 3.71. The summed E-state index contributed by atoms with van der Waals surface area (Å²) in [6, 6.07) is 10.3. The molecule has 0 aliphatic rings. The summed E-state index contributed by atoms with van der Waals surface area (Å²) in [5.74, 6) is -0.506. The highest BCUT2D eigenvalue weighted by Crippen LogP contribution is 2.35. The van der Waals surface area contributed by atoms with E-state index in [0.717, 1.165) is 16.5 Å². The summed E-state index contributed by atoms with van der Waals surface area (Å²) in [4.78, 5) is 15.2. The summed E-state index contributed by atoms with van der Waals surface area (Å²) in [6.07, 6.45) is 2.95. The van der Waals surface area contributed by atoms with Crippen molar-refractivity contribution in [3.63, 3.8) is 0 Å². The lowest BCUT2D eigenvalue weighted by Crippen LogP contribution is -2.05. The molecule has 170 valence electrons. The summed E-state index contributed by atoms with van der Waals surface area (Å²) in [5, 5.41) is 10.0. The fourth-order valence-electron chi connectivity index (χ4n) is 3.71. The van der Waals surface area contributed by atoms with Crippen molar-refractivity contribution in [3.8, 4) is 22.6 Å². The van der Waals surface area contributed by atoms with E-state index in [0.29, 0.717) is 33.8 Å². The molecule has 2 heterocycles. The van der Waals surface area contributed by atoms with Crippen LogP contribution < -0.4 is 15.2 Å². The fraction of sp³-hybridized carbons (Fsp3) is 0.200. The topological polar surface area (TPSA) is 108 Å². The second-order valence-corrected chi connectivity index (χ2v) is 7.59. The molecule has 0 radical (unpaired) electrons. The molecule has 0 aliphatic heterocycles. The van der Waals surface area contributed by atoms with E-state index in [9.17, 15) is 9.90 Å². The molecule has 0 aliphatic carbocycles. The number of carbonyl (C=O) groups is 1. The molecule has 4 aromatic rings. The Balaban J connectivity index is 1.75. The van der Waals surface area contributed by atoms with Gasteiger partial charge in [-0.25, -0.2) is 4.39 Å². The van der Waals surface area contributed by atoms with Crippen molar-refractivity contribution in [2.75, 3.05) is 7.11 Å². The Morgan fingerprint density at radius 3 is 2.76 bits per heavy atom. The van der Waals surface area contributed by atoms with Gasteiger partial charge in [0.25, 0.3) is 0 Å². The number of aromatic nitrogens is 1. The van der Waals surface area contributed by atoms with Crippen molar-refractivity contribution < 1.29 is 28.2 Å². The van der Waals surface area contributed by atoms with Crippen LogP contribution in [0.15, 0.2) is 53.3 Å². The third-order valence-electron chi connectivity index (χ3n) is 5.38. The van der Waals surface area contributed by atoms with Gasteiger partial charge in [-0.05, 0) is 42.3 Å². The number of benzene rings is 2. The lowest BCUT2D eigenvalue weighted by Gasteiger charge is -2.14. The lowest BCUT2D eigenvalue weighted by molar-refractivity contribution is -0.136. The molecule has 7 nitrogen and oxygen atoms in total. The van der Waals surface area contributed by atoms with Gasteiger partial charge in [0.2, 0.25) is 0 Å². The molecule has 0 atom stereocenters. The van der Waals surface area contributed by atoms with E-state index < -0.39 is 11.8 Å². The number of hydrogen-bond donors (Lipinski definition) is 2. The smallest absolute Gasteiger partial charge is 0.307 e. The number of carboxylic acids is 1. The Bertz CT molecular complexity index is 1330. The SMILES string of the molecule is COc1ccc(CC(=O)O)c(OCc2cc(-c3ccnc(CN)c3F)c3occ(C)c3c2)c1. The first-order valence-corrected chi connectivity index (χ1v) is 10.3. The number of rotatable bonds is 8. The maximum Gasteiger partial charge on any atom is 0.307 e. The molecule has 0 spiro atoms. The van der Waals surface area contributed by atoms with E-state index in [4.69, 9.17) is 19.6 Å². The van der Waals surface area contributed by atoms with Gasteiger partial charge in [0.1, 0.15) is 23.7 Å². The number of carboxylic acid groups (broad SMARTS) is 1. The number of methoxy groups -OCH3 is 1. The number of nitrogens with two attached hydrogens (primary N) is 1. The van der Waals surface area contributed by atoms with Crippen molar-refractivity contribution in [2.45, 2.75) is 26.5 Å². The summed E-state index contributed by atoms with van der Waals surface area (Å²) >= 11 is 0. The van der Waals surface area contributed by atoms with E-state index in [-0.39, 0.29) is 25.3 Å². The van der Waals surface area contributed by atoms with Crippen LogP contribution in [0.2, 0.25) is 0 Å². The highest BCUT2D eigenvalue weighted by molar-refractivity contribution is 5.95. The summed E-state index contributed by atoms with van der Waals surface area (Å²) in [5.41, 5.74) is 9.43. The Labute approximate surface area is 189 Å². The van der Waals surface area contributed by atoms with Crippen LogP contribution in [0.5, 0.6) is 11.5 Å². The minimum Gasteiger partial charge on any atom is -0.497 e. The first-order chi connectivity index (χ1) is 15.9. The van der Waals surface area contributed by atoms with Gasteiger partial charge in [0.15, 0.2) is 5.82 Å². The van der Waals surface area contributed by atoms with Crippen LogP contribution in [0, 0.1) is 12.7 Å². The van der Waals surface area contributed by atoms with Gasteiger partial charge in [-0.1, -0.05) is 6.07 Å². The first kappa shape index (κ1) is 22.3. The third kappa shape index (κ3) is 4.51. The molecule has 0 saturated heterocycles. The van der Waals surface area contributed by atoms with Gasteiger partial charge in [-0.3, -0.25) is 9.78 Å². The molecule has 3 N–H and O–H groups in total. The minimum absolute atomic E-state index is 0.0228. The van der Waals surface area contributed by atoms with E-state index in [1.165, 1.54) is 13.3 Å². The Morgan fingerprint density at radius 1 is 1.21 bits per heavy atom. The van der Waals surface area contributed by atoms with Crippen molar-refractivity contribution >= 4 is 16.9 Å². The molecule has 0 saturated carbocycles. The molecule has 33 heavy (non-hydrogen) atoms. The standard InChI is InChI=1S/C25H23FN2O5/c1-14-12-33-25-19(14)7-15(8-20(25)18-5-6-28-21(11-27)24(18)26)13-32-22-10-17(31-2)4-3-16(22)9-23(29)30/h3-8,10,12H,9,11,13,27H2,1-2H3,(H,29,30). The number of halogens is 1. The maximum absolute atomic E-state index is 15.0. The highest BCUT2D eigenvalue weighted by Gasteiger charge is 2.18. The molecular weight excluding hydrogens is 427 g/mol. The molecule has 8 heteroatoms. The predicted molar refractivity (Wildman–Crippen MR) is 121 cm³/mol. The first-order valence-electron chi connectivity index (χ1n) is 10.3. The monoisotopic (exact) mass is 450 g/mol. The van der Waals surface area contributed by atoms with Crippen LogP contribution in [-0.2, 0) is 24.4 Å². The number of pyridine rings is 1. The van der Waals surface area contributed by atoms with Crippen molar-refractivity contribution in [1.29, 1.82) is 0 Å². The Morgan fingerprint density at radius 2 is 2.03 bits per heavy atom. The summed E-state index contributed by atoms with van der Waals surface area (Å²) in [7, 11) is 1.52. The minimum atomic E-state index is -0.966. The number of hydrogen-bond acceptors (Lipinski definition) is 6. The second kappa shape index (κ2) is 9.30. The zero-order chi connectivity index (χ0) is 23.5. The summed E-state index contributed by atoms with van der Waals surface area (Å²) < 4.78 is 32.0. The second-order valence-electron chi connectivity index (χ2n) is 7.59. The Hall–Kier alpha value is -3.91. The quantitative estimate of drug-likeness (QED) is 0.403. The number of fused-ring (bicyclic) bond motifs is 1. The van der Waals surface area contributed by atoms with Gasteiger partial charge < -0.3 is 24.7 Å². The maximum atomic E-state index is 15.0. The number of ether oxygens (including phenoxy) is 2. The molecule has 0 fully saturated rings. The highest BCUT2D eigenvalue weighted by atomic mass is 19.1. The average Bonchev–Trinajstić information content (AvgIpc) is 3.18. The molecule has 0 bridgehead atoms. The number of aliphatic carboxylic acids is 1. The largest absolute Gasteiger partial charge is 0.497 e. The average molecular weight is 450 g/mol. The van der Waals surface area contributed by atoms with Crippen molar-refractivity contribution in [2.24, 2.45) is 5.73 Å². The van der Waals surface area contributed by atoms with Gasteiger partial charge in [-0.15, -0.1) is 0 Å². The number of aryl methyl sites for hydroxylation is 1. The molecular formula is C25H23FN2O5. The van der Waals surface area contributed by atoms with E-state index in [1.807, 2.05) is 13.0 Å². The molecule has 2 aromatic heterocycles. The van der Waals surface area contributed by atoms with Gasteiger partial charge in [-0.2, -0.15) is 0 Å². The number of nitrogens with zero attached hydrogens (tertiary/aromatic N) is 1. The van der Waals surface area contributed by atoms with Crippen molar-refractivity contribution in [1.82, 2.24) is 4.98 Å². The lowest BCUT2D eigenvalue weighted by atomic mass is 9.99.